The second kappa shape index (κ2) is 5.23. The Kier molecular flexibility index (Phi) is 4.21. The molecular weight excluding hydrogens is 334 g/mol. The number of sulfonamides is 1. The van der Waals surface area contributed by atoms with Crippen LogP contribution in [0.15, 0.2) is 14.1 Å². The van der Waals surface area contributed by atoms with Gasteiger partial charge in [-0.05, 0) is 67.1 Å². The van der Waals surface area contributed by atoms with Crippen LogP contribution in [-0.4, -0.2) is 25.3 Å². The van der Waals surface area contributed by atoms with Crippen molar-refractivity contribution >= 4 is 37.3 Å². The van der Waals surface area contributed by atoms with Gasteiger partial charge in [0, 0.05) is 12.6 Å². The van der Waals surface area contributed by atoms with Gasteiger partial charge in [0.1, 0.15) is 4.21 Å². The Balaban J connectivity index is 2.31. The Morgan fingerprint density at radius 3 is 2.50 bits per heavy atom. The molecule has 1 aromatic heterocycles. The highest BCUT2D eigenvalue weighted by molar-refractivity contribution is 9.11. The summed E-state index contributed by atoms with van der Waals surface area (Å²) < 4.78 is 28.2. The summed E-state index contributed by atoms with van der Waals surface area (Å²) in [5.41, 5.74) is 0.980. The zero-order valence-electron chi connectivity index (χ0n) is 10.8. The first kappa shape index (κ1) is 14.5. The minimum Gasteiger partial charge on any atom is -0.206 e. The average molecular weight is 352 g/mol. The van der Waals surface area contributed by atoms with Crippen LogP contribution in [0.1, 0.15) is 32.3 Å². The highest BCUT2D eigenvalue weighted by atomic mass is 79.9. The van der Waals surface area contributed by atoms with Gasteiger partial charge in [-0.3, -0.25) is 0 Å². The summed E-state index contributed by atoms with van der Waals surface area (Å²) >= 11 is 4.69. The van der Waals surface area contributed by atoms with Crippen molar-refractivity contribution in [2.24, 2.45) is 5.92 Å². The normalized spacial score (nSPS) is 16.8. The summed E-state index contributed by atoms with van der Waals surface area (Å²) in [4.78, 5) is 0. The minimum atomic E-state index is -3.34. The van der Waals surface area contributed by atoms with Crippen LogP contribution >= 0.6 is 27.3 Å². The summed E-state index contributed by atoms with van der Waals surface area (Å²) in [5, 5.41) is 0. The lowest BCUT2D eigenvalue weighted by Crippen LogP contribution is -2.38. The second-order valence-corrected chi connectivity index (χ2v) is 9.62. The van der Waals surface area contributed by atoms with Gasteiger partial charge in [-0.25, -0.2) is 8.42 Å². The van der Waals surface area contributed by atoms with E-state index in [1.807, 2.05) is 20.8 Å². The summed E-state index contributed by atoms with van der Waals surface area (Å²) in [5.74, 6) is 0.562. The van der Waals surface area contributed by atoms with E-state index < -0.39 is 10.0 Å². The first-order valence-corrected chi connectivity index (χ1v) is 9.15. The first-order valence-electron chi connectivity index (χ1n) is 6.10. The van der Waals surface area contributed by atoms with Crippen molar-refractivity contribution in [1.82, 2.24) is 4.31 Å². The number of halogens is 1. The summed E-state index contributed by atoms with van der Waals surface area (Å²) in [6.07, 6.45) is 2.32. The molecule has 1 aliphatic carbocycles. The van der Waals surface area contributed by atoms with Crippen molar-refractivity contribution in [2.75, 3.05) is 6.54 Å². The fourth-order valence-electron chi connectivity index (χ4n) is 1.82. The molecule has 2 rings (SSSR count). The van der Waals surface area contributed by atoms with E-state index in [0.29, 0.717) is 16.7 Å². The number of hydrogen-bond donors (Lipinski definition) is 0. The third kappa shape index (κ3) is 2.98. The van der Waals surface area contributed by atoms with Gasteiger partial charge in [-0.1, -0.05) is 0 Å². The SMILES string of the molecule is Cc1cc(S(=O)(=O)N(CC2CC2)C(C)C)sc1Br. The van der Waals surface area contributed by atoms with Crippen LogP contribution in [0.25, 0.3) is 0 Å². The number of rotatable bonds is 5. The molecule has 1 fully saturated rings. The summed E-state index contributed by atoms with van der Waals surface area (Å²) in [6.45, 7) is 6.46. The minimum absolute atomic E-state index is 0.0109. The maximum atomic E-state index is 12.6. The van der Waals surface area contributed by atoms with Crippen LogP contribution in [0.5, 0.6) is 0 Å². The molecule has 1 heterocycles. The van der Waals surface area contributed by atoms with Crippen molar-refractivity contribution in [3.8, 4) is 0 Å². The fraction of sp³-hybridized carbons (Fsp3) is 0.667. The van der Waals surface area contributed by atoms with Crippen LogP contribution in [0.3, 0.4) is 0 Å². The van der Waals surface area contributed by atoms with E-state index >= 15 is 0 Å². The molecule has 0 amide bonds. The number of hydrogen-bond acceptors (Lipinski definition) is 3. The lowest BCUT2D eigenvalue weighted by Gasteiger charge is -2.25. The zero-order valence-corrected chi connectivity index (χ0v) is 14.0. The number of aryl methyl sites for hydroxylation is 1. The van der Waals surface area contributed by atoms with E-state index in [1.165, 1.54) is 11.3 Å². The first-order chi connectivity index (χ1) is 8.32. The van der Waals surface area contributed by atoms with Crippen molar-refractivity contribution in [2.45, 2.75) is 43.9 Å². The van der Waals surface area contributed by atoms with Crippen molar-refractivity contribution < 1.29 is 8.42 Å². The molecule has 0 aliphatic heterocycles. The van der Waals surface area contributed by atoms with Crippen LogP contribution in [-0.2, 0) is 10.0 Å². The molecule has 0 unspecified atom stereocenters. The second-order valence-electron chi connectivity index (χ2n) is 5.13. The molecule has 1 saturated carbocycles. The molecule has 0 N–H and O–H groups in total. The monoisotopic (exact) mass is 351 g/mol. The molecular formula is C12H18BrNO2S2. The Hall–Kier alpha value is 0.0900. The predicted octanol–water partition coefficient (Wildman–Crippen LogP) is 3.63. The van der Waals surface area contributed by atoms with Crippen LogP contribution in [0, 0.1) is 12.8 Å². The molecule has 0 saturated heterocycles. The van der Waals surface area contributed by atoms with Gasteiger partial charge in [0.15, 0.2) is 0 Å². The van der Waals surface area contributed by atoms with Gasteiger partial charge >= 0.3 is 0 Å². The quantitative estimate of drug-likeness (QED) is 0.812. The largest absolute Gasteiger partial charge is 0.252 e. The van der Waals surface area contributed by atoms with Crippen molar-refractivity contribution in [3.63, 3.8) is 0 Å². The molecule has 18 heavy (non-hydrogen) atoms. The molecule has 0 aromatic carbocycles. The Morgan fingerprint density at radius 1 is 1.50 bits per heavy atom. The van der Waals surface area contributed by atoms with Gasteiger partial charge in [0.25, 0.3) is 10.0 Å². The van der Waals surface area contributed by atoms with Gasteiger partial charge in [0.2, 0.25) is 0 Å². The third-order valence-electron chi connectivity index (χ3n) is 3.11. The van der Waals surface area contributed by atoms with Crippen LogP contribution in [0.2, 0.25) is 0 Å². The van der Waals surface area contributed by atoms with Gasteiger partial charge < -0.3 is 0 Å². The summed E-state index contributed by atoms with van der Waals surface area (Å²) in [7, 11) is -3.34. The van der Waals surface area contributed by atoms with Gasteiger partial charge in [-0.2, -0.15) is 4.31 Å². The van der Waals surface area contributed by atoms with E-state index in [4.69, 9.17) is 0 Å². The van der Waals surface area contributed by atoms with E-state index in [2.05, 4.69) is 15.9 Å². The third-order valence-corrected chi connectivity index (χ3v) is 7.74. The maximum absolute atomic E-state index is 12.6. The topological polar surface area (TPSA) is 37.4 Å². The highest BCUT2D eigenvalue weighted by Crippen LogP contribution is 2.36. The lowest BCUT2D eigenvalue weighted by molar-refractivity contribution is 0.342. The lowest BCUT2D eigenvalue weighted by atomic mass is 10.3. The van der Waals surface area contributed by atoms with E-state index in [9.17, 15) is 8.42 Å². The smallest absolute Gasteiger partial charge is 0.206 e. The molecule has 0 radical (unpaired) electrons. The molecule has 0 bridgehead atoms. The molecule has 3 nitrogen and oxygen atoms in total. The Morgan fingerprint density at radius 2 is 2.11 bits per heavy atom. The van der Waals surface area contributed by atoms with E-state index in [0.717, 1.165) is 22.2 Å². The Labute approximate surface area is 121 Å². The van der Waals surface area contributed by atoms with Gasteiger partial charge in [0.05, 0.1) is 3.79 Å². The maximum Gasteiger partial charge on any atom is 0.252 e. The van der Waals surface area contributed by atoms with Crippen molar-refractivity contribution in [3.05, 3.63) is 15.4 Å². The van der Waals surface area contributed by atoms with E-state index in [1.54, 1.807) is 10.4 Å². The number of thiophene rings is 1. The number of nitrogens with zero attached hydrogens (tertiary/aromatic N) is 1. The standard InChI is InChI=1S/C12H18BrNO2S2/c1-8(2)14(7-10-4-5-10)18(15,16)11-6-9(3)12(13)17-11/h6,8,10H,4-5,7H2,1-3H3. The predicted molar refractivity (Wildman–Crippen MR) is 78.5 cm³/mol. The molecule has 6 heteroatoms. The van der Waals surface area contributed by atoms with Crippen LogP contribution < -0.4 is 0 Å². The molecule has 0 spiro atoms. The molecule has 1 aliphatic rings. The van der Waals surface area contributed by atoms with Crippen LogP contribution in [0.4, 0.5) is 0 Å². The molecule has 1 aromatic rings. The zero-order chi connectivity index (χ0) is 13.5. The Bertz CT molecular complexity index is 513. The highest BCUT2D eigenvalue weighted by Gasteiger charge is 2.34. The molecule has 0 atom stereocenters. The van der Waals surface area contributed by atoms with Crippen molar-refractivity contribution in [1.29, 1.82) is 0 Å². The van der Waals surface area contributed by atoms with Gasteiger partial charge in [-0.15, -0.1) is 11.3 Å². The molecule has 102 valence electrons. The average Bonchev–Trinajstić information content (AvgIpc) is 3.02. The fourth-order valence-corrected chi connectivity index (χ4v) is 5.88. The van der Waals surface area contributed by atoms with E-state index in [-0.39, 0.29) is 6.04 Å². The summed E-state index contributed by atoms with van der Waals surface area (Å²) in [6, 6.07) is 1.77.